The smallest absolute Gasteiger partial charge is 0.322 e. The summed E-state index contributed by atoms with van der Waals surface area (Å²) in [6.07, 6.45) is 6.28. The Balaban J connectivity index is 2.21. The fraction of sp³-hybridized carbons (Fsp3) is 0.786. The maximum Gasteiger partial charge on any atom is 0.322 e. The summed E-state index contributed by atoms with van der Waals surface area (Å²) in [5, 5.41) is 0.194. The van der Waals surface area contributed by atoms with Gasteiger partial charge in [0.25, 0.3) is 0 Å². The Morgan fingerprint density at radius 3 is 2.50 bits per heavy atom. The number of nitrogens with zero attached hydrogens (tertiary/aromatic N) is 4. The largest absolute Gasteiger partial charge is 0.461 e. The van der Waals surface area contributed by atoms with Gasteiger partial charge in [-0.1, -0.05) is 19.3 Å². The van der Waals surface area contributed by atoms with Crippen LogP contribution in [0.25, 0.3) is 0 Å². The third-order valence-electron chi connectivity index (χ3n) is 3.53. The Bertz CT molecular complexity index is 435. The number of rotatable bonds is 5. The zero-order chi connectivity index (χ0) is 14.5. The van der Waals surface area contributed by atoms with Gasteiger partial charge in [0.05, 0.1) is 6.10 Å². The van der Waals surface area contributed by atoms with Crippen molar-refractivity contribution in [1.82, 2.24) is 15.0 Å². The lowest BCUT2D eigenvalue weighted by atomic mass is 9.94. The molecule has 20 heavy (non-hydrogen) atoms. The van der Waals surface area contributed by atoms with E-state index in [9.17, 15) is 0 Å². The van der Waals surface area contributed by atoms with E-state index in [0.717, 1.165) is 6.54 Å². The molecule has 1 aliphatic rings. The number of anilines is 1. The lowest BCUT2D eigenvalue weighted by Gasteiger charge is -2.33. The van der Waals surface area contributed by atoms with Gasteiger partial charge < -0.3 is 9.64 Å². The fourth-order valence-corrected chi connectivity index (χ4v) is 2.82. The zero-order valence-electron chi connectivity index (χ0n) is 12.5. The molecule has 1 aromatic rings. The topological polar surface area (TPSA) is 51.1 Å². The van der Waals surface area contributed by atoms with Gasteiger partial charge in [0.2, 0.25) is 11.2 Å². The lowest BCUT2D eigenvalue weighted by molar-refractivity contribution is 0.221. The first-order chi connectivity index (χ1) is 9.60. The summed E-state index contributed by atoms with van der Waals surface area (Å²) in [6.45, 7) is 6.87. The van der Waals surface area contributed by atoms with Gasteiger partial charge in [-0.2, -0.15) is 15.0 Å². The van der Waals surface area contributed by atoms with E-state index in [4.69, 9.17) is 16.3 Å². The van der Waals surface area contributed by atoms with E-state index >= 15 is 0 Å². The van der Waals surface area contributed by atoms with Crippen LogP contribution in [0.15, 0.2) is 0 Å². The molecule has 0 bridgehead atoms. The Morgan fingerprint density at radius 2 is 1.90 bits per heavy atom. The average molecular weight is 299 g/mol. The van der Waals surface area contributed by atoms with Crippen molar-refractivity contribution in [3.8, 4) is 6.01 Å². The minimum Gasteiger partial charge on any atom is -0.461 e. The van der Waals surface area contributed by atoms with Gasteiger partial charge in [-0.25, -0.2) is 0 Å². The number of hydrogen-bond donors (Lipinski definition) is 0. The third-order valence-corrected chi connectivity index (χ3v) is 3.70. The van der Waals surface area contributed by atoms with Crippen molar-refractivity contribution in [3.05, 3.63) is 5.28 Å². The van der Waals surface area contributed by atoms with Crippen LogP contribution >= 0.6 is 11.6 Å². The zero-order valence-corrected chi connectivity index (χ0v) is 13.2. The minimum atomic E-state index is 0.0195. The quantitative estimate of drug-likeness (QED) is 0.833. The van der Waals surface area contributed by atoms with E-state index in [1.807, 2.05) is 13.8 Å². The predicted molar refractivity (Wildman–Crippen MR) is 80.5 cm³/mol. The van der Waals surface area contributed by atoms with Crippen molar-refractivity contribution in [3.63, 3.8) is 0 Å². The van der Waals surface area contributed by atoms with Crippen LogP contribution in [0.3, 0.4) is 0 Å². The van der Waals surface area contributed by atoms with E-state index in [1.54, 1.807) is 0 Å². The first-order valence-electron chi connectivity index (χ1n) is 7.45. The third kappa shape index (κ3) is 3.95. The summed E-state index contributed by atoms with van der Waals surface area (Å²) in [4.78, 5) is 14.9. The molecular weight excluding hydrogens is 276 g/mol. The summed E-state index contributed by atoms with van der Waals surface area (Å²) >= 11 is 6.00. The van der Waals surface area contributed by atoms with Gasteiger partial charge >= 0.3 is 6.01 Å². The molecule has 0 saturated heterocycles. The molecule has 0 N–H and O–H groups in total. The van der Waals surface area contributed by atoms with Gasteiger partial charge in [0, 0.05) is 12.6 Å². The van der Waals surface area contributed by atoms with Gasteiger partial charge in [-0.15, -0.1) is 0 Å². The standard InChI is InChI=1S/C14H23ClN4O/c1-4-19(11-8-6-5-7-9-11)13-16-12(15)17-14(18-13)20-10(2)3/h10-11H,4-9H2,1-3H3. The molecule has 0 amide bonds. The molecule has 6 heteroatoms. The molecular formula is C14H23ClN4O. The van der Waals surface area contributed by atoms with E-state index in [2.05, 4.69) is 26.8 Å². The second-order valence-electron chi connectivity index (χ2n) is 5.43. The van der Waals surface area contributed by atoms with Crippen LogP contribution < -0.4 is 9.64 Å². The number of halogens is 1. The molecule has 0 aromatic carbocycles. The molecule has 0 radical (unpaired) electrons. The molecule has 0 spiro atoms. The Labute approximate surface area is 125 Å². The summed E-state index contributed by atoms with van der Waals surface area (Å²) in [5.74, 6) is 0.634. The van der Waals surface area contributed by atoms with Gasteiger partial charge in [-0.3, -0.25) is 0 Å². The van der Waals surface area contributed by atoms with E-state index < -0.39 is 0 Å². The van der Waals surface area contributed by atoms with Crippen molar-refractivity contribution in [2.75, 3.05) is 11.4 Å². The Kier molecular flexibility index (Phi) is 5.40. The molecule has 5 nitrogen and oxygen atoms in total. The van der Waals surface area contributed by atoms with Crippen LogP contribution in [-0.4, -0.2) is 33.6 Å². The lowest BCUT2D eigenvalue weighted by Crippen LogP contribution is -2.38. The SMILES string of the molecule is CCN(c1nc(Cl)nc(OC(C)C)n1)C1CCCCC1. The highest BCUT2D eigenvalue weighted by molar-refractivity contribution is 6.28. The molecule has 1 heterocycles. The molecule has 1 saturated carbocycles. The minimum absolute atomic E-state index is 0.0195. The number of hydrogen-bond acceptors (Lipinski definition) is 5. The molecule has 0 aliphatic heterocycles. The van der Waals surface area contributed by atoms with Crippen LogP contribution in [0.2, 0.25) is 5.28 Å². The van der Waals surface area contributed by atoms with Crippen LogP contribution in [0.4, 0.5) is 5.95 Å². The van der Waals surface area contributed by atoms with Crippen LogP contribution in [0.1, 0.15) is 52.9 Å². The van der Waals surface area contributed by atoms with Crippen molar-refractivity contribution < 1.29 is 4.74 Å². The average Bonchev–Trinajstić information content (AvgIpc) is 2.39. The van der Waals surface area contributed by atoms with Gasteiger partial charge in [-0.05, 0) is 45.2 Å². The highest BCUT2D eigenvalue weighted by atomic mass is 35.5. The van der Waals surface area contributed by atoms with Crippen LogP contribution in [0.5, 0.6) is 6.01 Å². The number of aromatic nitrogens is 3. The molecule has 1 aromatic heterocycles. The Morgan fingerprint density at radius 1 is 1.20 bits per heavy atom. The normalized spacial score (nSPS) is 16.4. The van der Waals surface area contributed by atoms with Crippen molar-refractivity contribution in [1.29, 1.82) is 0 Å². The summed E-state index contributed by atoms with van der Waals surface area (Å²) in [6, 6.07) is 0.809. The summed E-state index contributed by atoms with van der Waals surface area (Å²) in [5.41, 5.74) is 0. The van der Waals surface area contributed by atoms with Crippen molar-refractivity contribution in [2.45, 2.75) is 65.0 Å². The van der Waals surface area contributed by atoms with Crippen molar-refractivity contribution >= 4 is 17.5 Å². The molecule has 1 aliphatic carbocycles. The summed E-state index contributed by atoms with van der Waals surface area (Å²) < 4.78 is 5.54. The van der Waals surface area contributed by atoms with Gasteiger partial charge in [0.15, 0.2) is 0 Å². The second kappa shape index (κ2) is 7.07. The predicted octanol–water partition coefficient (Wildman–Crippen LogP) is 3.47. The first-order valence-corrected chi connectivity index (χ1v) is 7.82. The number of ether oxygens (including phenoxy) is 1. The van der Waals surface area contributed by atoms with E-state index in [-0.39, 0.29) is 11.4 Å². The molecule has 1 fully saturated rings. The first kappa shape index (κ1) is 15.3. The fourth-order valence-electron chi connectivity index (χ4n) is 2.67. The summed E-state index contributed by atoms with van der Waals surface area (Å²) in [7, 11) is 0. The molecule has 0 unspecified atom stereocenters. The molecule has 0 atom stereocenters. The monoisotopic (exact) mass is 298 g/mol. The maximum atomic E-state index is 6.00. The van der Waals surface area contributed by atoms with Crippen molar-refractivity contribution in [2.24, 2.45) is 0 Å². The van der Waals surface area contributed by atoms with E-state index in [1.165, 1.54) is 32.1 Å². The highest BCUT2D eigenvalue weighted by Gasteiger charge is 2.23. The van der Waals surface area contributed by atoms with Gasteiger partial charge in [0.1, 0.15) is 0 Å². The molecule has 2 rings (SSSR count). The van der Waals surface area contributed by atoms with Crippen LogP contribution in [0, 0.1) is 0 Å². The highest BCUT2D eigenvalue weighted by Crippen LogP contribution is 2.26. The maximum absolute atomic E-state index is 6.00. The Hall–Kier alpha value is -1.10. The second-order valence-corrected chi connectivity index (χ2v) is 5.77. The van der Waals surface area contributed by atoms with E-state index in [0.29, 0.717) is 18.0 Å². The molecule has 112 valence electrons. The van der Waals surface area contributed by atoms with Crippen LogP contribution in [-0.2, 0) is 0 Å².